The second-order valence-electron chi connectivity index (χ2n) is 3.75. The van der Waals surface area contributed by atoms with Gasteiger partial charge >= 0.3 is 5.97 Å². The summed E-state index contributed by atoms with van der Waals surface area (Å²) >= 11 is 0. The molecule has 0 N–H and O–H groups in total. The molecule has 5 heteroatoms. The summed E-state index contributed by atoms with van der Waals surface area (Å²) in [6.07, 6.45) is 0.677. The van der Waals surface area contributed by atoms with Gasteiger partial charge in [-0.3, -0.25) is 14.9 Å². The van der Waals surface area contributed by atoms with Crippen molar-refractivity contribution in [2.45, 2.75) is 12.8 Å². The molecular formula is C12H15NO4. The van der Waals surface area contributed by atoms with E-state index >= 15 is 0 Å². The van der Waals surface area contributed by atoms with Crippen LogP contribution in [0.5, 0.6) is 0 Å². The maximum absolute atomic E-state index is 11.5. The summed E-state index contributed by atoms with van der Waals surface area (Å²) in [7, 11) is 1.30. The van der Waals surface area contributed by atoms with Crippen LogP contribution in [0.1, 0.15) is 12.0 Å². The lowest BCUT2D eigenvalue weighted by Crippen LogP contribution is -2.21. The Hall–Kier alpha value is -1.91. The van der Waals surface area contributed by atoms with Gasteiger partial charge in [-0.05, 0) is 12.0 Å². The minimum atomic E-state index is -0.451. The number of ether oxygens (including phenoxy) is 1. The summed E-state index contributed by atoms with van der Waals surface area (Å²) in [6.45, 7) is -0.216. The number of benzene rings is 1. The zero-order chi connectivity index (χ0) is 12.7. The second kappa shape index (κ2) is 6.62. The predicted molar refractivity (Wildman–Crippen MR) is 62.1 cm³/mol. The van der Waals surface area contributed by atoms with Crippen molar-refractivity contribution < 1.29 is 14.5 Å². The highest BCUT2D eigenvalue weighted by atomic mass is 16.6. The average molecular weight is 237 g/mol. The maximum Gasteiger partial charge on any atom is 0.309 e. The fraction of sp³-hybridized carbons (Fsp3) is 0.417. The van der Waals surface area contributed by atoms with Gasteiger partial charge in [-0.25, -0.2) is 0 Å². The van der Waals surface area contributed by atoms with Crippen molar-refractivity contribution in [1.29, 1.82) is 0 Å². The van der Waals surface area contributed by atoms with Crippen LogP contribution >= 0.6 is 0 Å². The topological polar surface area (TPSA) is 69.4 Å². The largest absolute Gasteiger partial charge is 0.469 e. The van der Waals surface area contributed by atoms with E-state index in [9.17, 15) is 14.9 Å². The van der Waals surface area contributed by atoms with Crippen LogP contribution in [0.25, 0.3) is 0 Å². The van der Waals surface area contributed by atoms with Gasteiger partial charge in [0.2, 0.25) is 6.54 Å². The Morgan fingerprint density at radius 2 is 2.06 bits per heavy atom. The summed E-state index contributed by atoms with van der Waals surface area (Å²) in [5.74, 6) is -0.844. The molecule has 1 unspecified atom stereocenters. The lowest BCUT2D eigenvalue weighted by molar-refractivity contribution is -0.481. The van der Waals surface area contributed by atoms with Crippen LogP contribution in [0.15, 0.2) is 30.3 Å². The molecule has 0 radical (unpaired) electrons. The van der Waals surface area contributed by atoms with E-state index in [1.165, 1.54) is 7.11 Å². The molecule has 0 amide bonds. The zero-order valence-corrected chi connectivity index (χ0v) is 9.67. The molecule has 1 rings (SSSR count). The Morgan fingerprint density at radius 3 is 2.59 bits per heavy atom. The van der Waals surface area contributed by atoms with Crippen LogP contribution in [0.4, 0.5) is 0 Å². The van der Waals surface area contributed by atoms with E-state index in [4.69, 9.17) is 0 Å². The van der Waals surface area contributed by atoms with Gasteiger partial charge in [0.25, 0.3) is 0 Å². The molecule has 17 heavy (non-hydrogen) atoms. The number of hydrogen-bond donors (Lipinski definition) is 0. The minimum Gasteiger partial charge on any atom is -0.469 e. The third-order valence-corrected chi connectivity index (χ3v) is 2.52. The average Bonchev–Trinajstić information content (AvgIpc) is 2.34. The molecule has 0 aliphatic rings. The number of esters is 1. The summed E-state index contributed by atoms with van der Waals surface area (Å²) in [5, 5.41) is 10.3. The first-order valence-corrected chi connectivity index (χ1v) is 5.37. The van der Waals surface area contributed by atoms with Crippen molar-refractivity contribution >= 4 is 5.97 Å². The Bertz CT molecular complexity index is 377. The standard InChI is InChI=1S/C12H15NO4/c1-17-12(14)11(7-8-13(15)16)9-10-5-3-2-4-6-10/h2-6,11H,7-9H2,1H3. The van der Waals surface area contributed by atoms with Crippen molar-refractivity contribution in [3.63, 3.8) is 0 Å². The van der Waals surface area contributed by atoms with Crippen LogP contribution < -0.4 is 0 Å². The fourth-order valence-electron chi connectivity index (χ4n) is 1.63. The highest BCUT2D eigenvalue weighted by Crippen LogP contribution is 2.14. The third-order valence-electron chi connectivity index (χ3n) is 2.52. The van der Waals surface area contributed by atoms with E-state index in [1.807, 2.05) is 30.3 Å². The molecule has 0 bridgehead atoms. The molecule has 1 aromatic carbocycles. The highest BCUT2D eigenvalue weighted by molar-refractivity contribution is 5.72. The molecule has 0 aliphatic carbocycles. The van der Waals surface area contributed by atoms with Gasteiger partial charge in [0.1, 0.15) is 0 Å². The molecule has 0 aliphatic heterocycles. The van der Waals surface area contributed by atoms with Crippen LogP contribution in [0.3, 0.4) is 0 Å². The Kier molecular flexibility index (Phi) is 5.13. The van der Waals surface area contributed by atoms with Crippen molar-refractivity contribution in [3.05, 3.63) is 46.0 Å². The minimum absolute atomic E-state index is 0.203. The SMILES string of the molecule is COC(=O)C(CC[N+](=O)[O-])Cc1ccccc1. The van der Waals surface area contributed by atoms with E-state index in [-0.39, 0.29) is 13.0 Å². The van der Waals surface area contributed by atoms with Gasteiger partial charge < -0.3 is 4.74 Å². The number of hydrogen-bond acceptors (Lipinski definition) is 4. The number of methoxy groups -OCH3 is 1. The van der Waals surface area contributed by atoms with E-state index in [1.54, 1.807) is 0 Å². The first-order valence-electron chi connectivity index (χ1n) is 5.37. The number of nitro groups is 1. The normalized spacial score (nSPS) is 11.8. The van der Waals surface area contributed by atoms with Crippen molar-refractivity contribution in [2.24, 2.45) is 5.92 Å². The van der Waals surface area contributed by atoms with E-state index in [0.29, 0.717) is 6.42 Å². The number of nitrogens with zero attached hydrogens (tertiary/aromatic N) is 1. The highest BCUT2D eigenvalue weighted by Gasteiger charge is 2.21. The first-order chi connectivity index (χ1) is 8.13. The van der Waals surface area contributed by atoms with E-state index in [2.05, 4.69) is 4.74 Å². The zero-order valence-electron chi connectivity index (χ0n) is 9.67. The van der Waals surface area contributed by atoms with Gasteiger partial charge in [0.05, 0.1) is 13.0 Å². The first kappa shape index (κ1) is 13.2. The smallest absolute Gasteiger partial charge is 0.309 e. The van der Waals surface area contributed by atoms with Gasteiger partial charge in [-0.15, -0.1) is 0 Å². The van der Waals surface area contributed by atoms with E-state index < -0.39 is 16.8 Å². The summed E-state index contributed by atoms with van der Waals surface area (Å²) in [4.78, 5) is 21.4. The van der Waals surface area contributed by atoms with Gasteiger partial charge in [0.15, 0.2) is 0 Å². The molecule has 1 aromatic rings. The van der Waals surface area contributed by atoms with Crippen LogP contribution in [0, 0.1) is 16.0 Å². The number of rotatable bonds is 6. The molecule has 92 valence electrons. The number of carbonyl (C=O) groups is 1. The monoisotopic (exact) mass is 237 g/mol. The summed E-state index contributed by atoms with van der Waals surface area (Å²) in [6, 6.07) is 9.41. The van der Waals surface area contributed by atoms with Crippen molar-refractivity contribution in [1.82, 2.24) is 0 Å². The molecule has 0 heterocycles. The second-order valence-corrected chi connectivity index (χ2v) is 3.75. The van der Waals surface area contributed by atoms with Crippen LogP contribution in [0.2, 0.25) is 0 Å². The van der Waals surface area contributed by atoms with Crippen LogP contribution in [-0.2, 0) is 16.0 Å². The molecule has 0 saturated carbocycles. The molecule has 5 nitrogen and oxygen atoms in total. The van der Waals surface area contributed by atoms with Gasteiger partial charge in [-0.1, -0.05) is 30.3 Å². The third kappa shape index (κ3) is 4.63. The summed E-state index contributed by atoms with van der Waals surface area (Å²) < 4.78 is 4.66. The number of carbonyl (C=O) groups excluding carboxylic acids is 1. The van der Waals surface area contributed by atoms with Crippen molar-refractivity contribution in [2.75, 3.05) is 13.7 Å². The van der Waals surface area contributed by atoms with Crippen LogP contribution in [-0.4, -0.2) is 24.5 Å². The summed E-state index contributed by atoms with van der Waals surface area (Å²) in [5.41, 5.74) is 0.978. The maximum atomic E-state index is 11.5. The quantitative estimate of drug-likeness (QED) is 0.429. The molecule has 0 spiro atoms. The molecule has 1 atom stereocenters. The molecule has 0 aromatic heterocycles. The Labute approximate surface area is 99.5 Å². The van der Waals surface area contributed by atoms with Crippen molar-refractivity contribution in [3.8, 4) is 0 Å². The Balaban J connectivity index is 2.63. The molecule has 0 fully saturated rings. The fourth-order valence-corrected chi connectivity index (χ4v) is 1.63. The van der Waals surface area contributed by atoms with Gasteiger partial charge in [0, 0.05) is 11.3 Å². The Morgan fingerprint density at radius 1 is 1.41 bits per heavy atom. The lowest BCUT2D eigenvalue weighted by atomic mass is 9.96. The molecule has 0 saturated heterocycles. The molecular weight excluding hydrogens is 222 g/mol. The van der Waals surface area contributed by atoms with E-state index in [0.717, 1.165) is 5.56 Å². The lowest BCUT2D eigenvalue weighted by Gasteiger charge is -2.12. The van der Waals surface area contributed by atoms with Gasteiger partial charge in [-0.2, -0.15) is 0 Å². The predicted octanol–water partition coefficient (Wildman–Crippen LogP) is 1.69.